The third kappa shape index (κ3) is 1.38. The van der Waals surface area contributed by atoms with Gasteiger partial charge < -0.3 is 5.73 Å². The highest BCUT2D eigenvalue weighted by atomic mass is 19.1. The van der Waals surface area contributed by atoms with Gasteiger partial charge in [-0.1, -0.05) is 6.07 Å². The molecule has 0 aliphatic carbocycles. The number of hydrogen-bond acceptors (Lipinski definition) is 2. The molecule has 0 saturated carbocycles. The standard InChI is InChI=1S/C6H7FN2/c7-4-5-2-1-3-6(8)9-5/h1-3H,4H2,(H2,8,9). The van der Waals surface area contributed by atoms with Crippen LogP contribution in [0.25, 0.3) is 0 Å². The van der Waals surface area contributed by atoms with Crippen molar-refractivity contribution in [1.82, 2.24) is 4.98 Å². The van der Waals surface area contributed by atoms with Gasteiger partial charge in [0.25, 0.3) is 0 Å². The van der Waals surface area contributed by atoms with E-state index < -0.39 is 6.67 Å². The van der Waals surface area contributed by atoms with E-state index in [-0.39, 0.29) is 0 Å². The SMILES string of the molecule is Nc1cccc(CF)n1. The van der Waals surface area contributed by atoms with Gasteiger partial charge in [0.05, 0.1) is 5.69 Å². The van der Waals surface area contributed by atoms with E-state index in [0.717, 1.165) is 0 Å². The monoisotopic (exact) mass is 126 g/mol. The molecule has 0 fully saturated rings. The molecule has 0 atom stereocenters. The molecular formula is C6H7FN2. The van der Waals surface area contributed by atoms with Crippen molar-refractivity contribution in [2.75, 3.05) is 5.73 Å². The highest BCUT2D eigenvalue weighted by Crippen LogP contribution is 2.00. The summed E-state index contributed by atoms with van der Waals surface area (Å²) in [6.45, 7) is -0.551. The lowest BCUT2D eigenvalue weighted by Crippen LogP contribution is -1.92. The molecule has 0 amide bonds. The molecular weight excluding hydrogens is 119 g/mol. The molecule has 3 heteroatoms. The first-order valence-electron chi connectivity index (χ1n) is 2.60. The average Bonchev–Trinajstić information content (AvgIpc) is 1.88. The van der Waals surface area contributed by atoms with E-state index in [1.165, 1.54) is 0 Å². The molecule has 0 radical (unpaired) electrons. The first-order chi connectivity index (χ1) is 4.33. The maximum absolute atomic E-state index is 11.8. The van der Waals surface area contributed by atoms with Gasteiger partial charge in [-0.3, -0.25) is 0 Å². The van der Waals surface area contributed by atoms with Crippen molar-refractivity contribution < 1.29 is 4.39 Å². The average molecular weight is 126 g/mol. The van der Waals surface area contributed by atoms with E-state index in [0.29, 0.717) is 11.5 Å². The number of pyridine rings is 1. The van der Waals surface area contributed by atoms with Crippen LogP contribution in [0.2, 0.25) is 0 Å². The third-order valence-corrected chi connectivity index (χ3v) is 0.965. The summed E-state index contributed by atoms with van der Waals surface area (Å²) in [7, 11) is 0. The van der Waals surface area contributed by atoms with Gasteiger partial charge in [0.15, 0.2) is 0 Å². The molecule has 1 aromatic rings. The van der Waals surface area contributed by atoms with Crippen molar-refractivity contribution in [2.24, 2.45) is 0 Å². The number of anilines is 1. The number of nitrogen functional groups attached to an aromatic ring is 1. The van der Waals surface area contributed by atoms with E-state index in [4.69, 9.17) is 5.73 Å². The zero-order chi connectivity index (χ0) is 6.69. The van der Waals surface area contributed by atoms with Crippen LogP contribution in [0.5, 0.6) is 0 Å². The number of hydrogen-bond donors (Lipinski definition) is 1. The summed E-state index contributed by atoms with van der Waals surface area (Å²) in [5.74, 6) is 0.366. The summed E-state index contributed by atoms with van der Waals surface area (Å²) < 4.78 is 11.8. The Balaban J connectivity index is 2.94. The summed E-state index contributed by atoms with van der Waals surface area (Å²) in [5.41, 5.74) is 5.64. The van der Waals surface area contributed by atoms with Gasteiger partial charge in [-0.05, 0) is 12.1 Å². The van der Waals surface area contributed by atoms with Gasteiger partial charge in [0, 0.05) is 0 Å². The summed E-state index contributed by atoms with van der Waals surface area (Å²) in [5, 5.41) is 0. The van der Waals surface area contributed by atoms with Crippen LogP contribution in [-0.2, 0) is 6.67 Å². The quantitative estimate of drug-likeness (QED) is 0.612. The van der Waals surface area contributed by atoms with Crippen LogP contribution in [-0.4, -0.2) is 4.98 Å². The molecule has 2 N–H and O–H groups in total. The molecule has 0 aromatic carbocycles. The Hall–Kier alpha value is -1.12. The Bertz CT molecular complexity index is 200. The highest BCUT2D eigenvalue weighted by Gasteiger charge is 1.90. The smallest absolute Gasteiger partial charge is 0.132 e. The normalized spacial score (nSPS) is 9.44. The molecule has 1 rings (SSSR count). The summed E-state index contributed by atoms with van der Waals surface area (Å²) in [6, 6.07) is 4.90. The predicted octanol–water partition coefficient (Wildman–Crippen LogP) is 1.13. The number of aromatic nitrogens is 1. The first kappa shape index (κ1) is 6.01. The number of nitrogens with two attached hydrogens (primary N) is 1. The molecule has 0 bridgehead atoms. The van der Waals surface area contributed by atoms with Crippen molar-refractivity contribution in [1.29, 1.82) is 0 Å². The van der Waals surface area contributed by atoms with E-state index in [1.54, 1.807) is 18.2 Å². The molecule has 1 aromatic heterocycles. The second-order valence-corrected chi connectivity index (χ2v) is 1.69. The zero-order valence-corrected chi connectivity index (χ0v) is 4.84. The maximum atomic E-state index is 11.8. The maximum Gasteiger partial charge on any atom is 0.132 e. The van der Waals surface area contributed by atoms with Gasteiger partial charge in [0.2, 0.25) is 0 Å². The van der Waals surface area contributed by atoms with E-state index in [2.05, 4.69) is 4.98 Å². The van der Waals surface area contributed by atoms with Gasteiger partial charge in [-0.25, -0.2) is 9.37 Å². The Morgan fingerprint density at radius 2 is 2.33 bits per heavy atom. The van der Waals surface area contributed by atoms with Crippen LogP contribution in [0.4, 0.5) is 10.2 Å². The van der Waals surface area contributed by atoms with Crippen LogP contribution < -0.4 is 5.73 Å². The van der Waals surface area contributed by atoms with E-state index in [9.17, 15) is 4.39 Å². The number of rotatable bonds is 1. The lowest BCUT2D eigenvalue weighted by atomic mass is 10.4. The molecule has 0 spiro atoms. The van der Waals surface area contributed by atoms with Crippen LogP contribution in [0, 0.1) is 0 Å². The second kappa shape index (κ2) is 2.44. The van der Waals surface area contributed by atoms with Gasteiger partial charge >= 0.3 is 0 Å². The van der Waals surface area contributed by atoms with E-state index >= 15 is 0 Å². The van der Waals surface area contributed by atoms with Crippen molar-refractivity contribution in [3.63, 3.8) is 0 Å². The third-order valence-electron chi connectivity index (χ3n) is 0.965. The van der Waals surface area contributed by atoms with Crippen molar-refractivity contribution >= 4 is 5.82 Å². The van der Waals surface area contributed by atoms with Crippen molar-refractivity contribution in [3.8, 4) is 0 Å². The fourth-order valence-electron chi connectivity index (χ4n) is 0.573. The molecule has 1 heterocycles. The zero-order valence-electron chi connectivity index (χ0n) is 4.84. The Morgan fingerprint density at radius 3 is 2.78 bits per heavy atom. The molecule has 0 unspecified atom stereocenters. The number of halogens is 1. The largest absolute Gasteiger partial charge is 0.384 e. The lowest BCUT2D eigenvalue weighted by molar-refractivity contribution is 0.476. The Kier molecular flexibility index (Phi) is 1.63. The molecule has 9 heavy (non-hydrogen) atoms. The van der Waals surface area contributed by atoms with E-state index in [1.807, 2.05) is 0 Å². The van der Waals surface area contributed by atoms with Crippen molar-refractivity contribution in [2.45, 2.75) is 6.67 Å². The van der Waals surface area contributed by atoms with Gasteiger partial charge in [0.1, 0.15) is 12.5 Å². The molecule has 0 saturated heterocycles. The van der Waals surface area contributed by atoms with Crippen LogP contribution in [0.1, 0.15) is 5.69 Å². The second-order valence-electron chi connectivity index (χ2n) is 1.69. The number of alkyl halides is 1. The topological polar surface area (TPSA) is 38.9 Å². The van der Waals surface area contributed by atoms with Gasteiger partial charge in [-0.2, -0.15) is 0 Å². The lowest BCUT2D eigenvalue weighted by Gasteiger charge is -1.92. The molecule has 0 aliphatic heterocycles. The summed E-state index contributed by atoms with van der Waals surface area (Å²) in [6.07, 6.45) is 0. The van der Waals surface area contributed by atoms with Crippen LogP contribution in [0.3, 0.4) is 0 Å². The summed E-state index contributed by atoms with van der Waals surface area (Å²) >= 11 is 0. The highest BCUT2D eigenvalue weighted by molar-refractivity contribution is 5.28. The Labute approximate surface area is 52.5 Å². The van der Waals surface area contributed by atoms with Crippen LogP contribution in [0.15, 0.2) is 18.2 Å². The fraction of sp³-hybridized carbons (Fsp3) is 0.167. The molecule has 0 aliphatic rings. The van der Waals surface area contributed by atoms with Crippen LogP contribution >= 0.6 is 0 Å². The first-order valence-corrected chi connectivity index (χ1v) is 2.60. The fourth-order valence-corrected chi connectivity index (χ4v) is 0.573. The van der Waals surface area contributed by atoms with Gasteiger partial charge in [-0.15, -0.1) is 0 Å². The predicted molar refractivity (Wildman–Crippen MR) is 33.5 cm³/mol. The minimum atomic E-state index is -0.551. The minimum absolute atomic E-state index is 0.366. The molecule has 48 valence electrons. The summed E-state index contributed by atoms with van der Waals surface area (Å²) in [4.78, 5) is 3.69. The number of nitrogens with zero attached hydrogens (tertiary/aromatic N) is 1. The minimum Gasteiger partial charge on any atom is -0.384 e. The Morgan fingerprint density at radius 1 is 1.56 bits per heavy atom. The van der Waals surface area contributed by atoms with Crippen molar-refractivity contribution in [3.05, 3.63) is 23.9 Å². The molecule has 2 nitrogen and oxygen atoms in total.